The molecule has 1 saturated carbocycles. The number of hydrogen-bond acceptors (Lipinski definition) is 9. The molecule has 1 aliphatic heterocycles. The highest BCUT2D eigenvalue weighted by Gasteiger charge is 2.36. The van der Waals surface area contributed by atoms with Gasteiger partial charge in [-0.2, -0.15) is 0 Å². The summed E-state index contributed by atoms with van der Waals surface area (Å²) in [5.74, 6) is -0.114. The van der Waals surface area contributed by atoms with E-state index < -0.39 is 15.7 Å². The lowest BCUT2D eigenvalue weighted by Gasteiger charge is -2.10. The Kier molecular flexibility index (Phi) is 5.39. The Morgan fingerprint density at radius 2 is 1.91 bits per heavy atom. The molecule has 3 N–H and O–H groups in total. The number of carbonyl (C=O) groups is 1. The van der Waals surface area contributed by atoms with Gasteiger partial charge < -0.3 is 10.1 Å². The molecule has 5 rings (SSSR count). The first-order valence-electron chi connectivity index (χ1n) is 10.3. The predicted molar refractivity (Wildman–Crippen MR) is 121 cm³/mol. The van der Waals surface area contributed by atoms with E-state index in [-0.39, 0.29) is 22.0 Å². The van der Waals surface area contributed by atoms with Crippen molar-refractivity contribution in [1.82, 2.24) is 15.3 Å². The van der Waals surface area contributed by atoms with Gasteiger partial charge in [0, 0.05) is 18.2 Å². The van der Waals surface area contributed by atoms with E-state index in [0.717, 1.165) is 19.5 Å². The molecule has 1 amide bonds. The van der Waals surface area contributed by atoms with Crippen molar-refractivity contribution in [2.75, 3.05) is 18.4 Å². The molecular weight excluding hydrogens is 450 g/mol. The molecule has 2 fully saturated rings. The molecule has 9 nitrogen and oxygen atoms in total. The topological polar surface area (TPSA) is 134 Å². The Balaban J connectivity index is 1.27. The molecule has 0 unspecified atom stereocenters. The quantitative estimate of drug-likeness (QED) is 0.450. The van der Waals surface area contributed by atoms with Crippen LogP contribution in [0.3, 0.4) is 0 Å². The summed E-state index contributed by atoms with van der Waals surface area (Å²) in [7, 11) is -3.30. The van der Waals surface area contributed by atoms with Crippen LogP contribution < -0.4 is 15.4 Å². The molecule has 0 bridgehead atoms. The van der Waals surface area contributed by atoms with Crippen LogP contribution in [-0.4, -0.2) is 54.4 Å². The number of benzene rings is 1. The molecule has 11 heteroatoms. The van der Waals surface area contributed by atoms with Crippen molar-refractivity contribution >= 4 is 48.3 Å². The Morgan fingerprint density at radius 3 is 2.59 bits per heavy atom. The number of nitrogens with zero attached hydrogens (tertiary/aromatic N) is 2. The largest absolute Gasteiger partial charge is 0.473 e. The number of thiazole rings is 1. The number of anilines is 1. The fraction of sp³-hybridized carbons (Fsp3) is 0.333. The van der Waals surface area contributed by atoms with Crippen LogP contribution in [0.1, 0.15) is 24.8 Å². The van der Waals surface area contributed by atoms with Gasteiger partial charge in [-0.3, -0.25) is 15.5 Å². The average Bonchev–Trinajstić information content (AvgIpc) is 3.40. The summed E-state index contributed by atoms with van der Waals surface area (Å²) in [6, 6.07) is 9.42. The van der Waals surface area contributed by atoms with Gasteiger partial charge in [-0.05, 0) is 44.0 Å². The maximum absolute atomic E-state index is 12.5. The normalized spacial score (nSPS) is 18.6. The third kappa shape index (κ3) is 4.23. The van der Waals surface area contributed by atoms with Gasteiger partial charge in [-0.15, -0.1) is 0 Å². The second-order valence-electron chi connectivity index (χ2n) is 7.82. The maximum Gasteiger partial charge on any atom is 0.275 e. The molecule has 32 heavy (non-hydrogen) atoms. The first-order valence-corrected chi connectivity index (χ1v) is 12.7. The summed E-state index contributed by atoms with van der Waals surface area (Å²) < 4.78 is 30.5. The monoisotopic (exact) mass is 471 g/mol. The zero-order chi connectivity index (χ0) is 22.3. The number of aromatic nitrogens is 2. The Morgan fingerprint density at radius 1 is 1.12 bits per heavy atom. The summed E-state index contributed by atoms with van der Waals surface area (Å²) in [5, 5.41) is 14.1. The van der Waals surface area contributed by atoms with Gasteiger partial charge in [0.15, 0.2) is 15.0 Å². The van der Waals surface area contributed by atoms with E-state index in [4.69, 9.17) is 10.1 Å². The molecule has 166 valence electrons. The van der Waals surface area contributed by atoms with E-state index in [1.807, 2.05) is 0 Å². The van der Waals surface area contributed by atoms with Crippen molar-refractivity contribution in [1.29, 1.82) is 5.41 Å². The molecule has 2 aliphatic rings. The van der Waals surface area contributed by atoms with Gasteiger partial charge in [0.05, 0.1) is 10.1 Å². The lowest BCUT2D eigenvalue weighted by atomic mass is 10.1. The minimum Gasteiger partial charge on any atom is -0.473 e. The van der Waals surface area contributed by atoms with E-state index in [1.165, 1.54) is 35.6 Å². The molecule has 1 atom stereocenters. The number of amides is 1. The highest BCUT2D eigenvalue weighted by atomic mass is 32.2. The fourth-order valence-electron chi connectivity index (χ4n) is 3.49. The number of hydrogen-bond donors (Lipinski definition) is 3. The van der Waals surface area contributed by atoms with Gasteiger partial charge in [0.25, 0.3) is 5.91 Å². The molecule has 0 radical (unpaired) electrons. The number of carbonyl (C=O) groups excluding carboxylic acids is 1. The lowest BCUT2D eigenvalue weighted by molar-refractivity contribution is -0.110. The minimum atomic E-state index is -3.30. The van der Waals surface area contributed by atoms with E-state index in [9.17, 15) is 13.2 Å². The third-order valence-electron chi connectivity index (χ3n) is 5.41. The van der Waals surface area contributed by atoms with Crippen LogP contribution in [0.4, 0.5) is 5.13 Å². The molecule has 2 aromatic heterocycles. The lowest BCUT2D eigenvalue weighted by Crippen LogP contribution is -2.22. The predicted octanol–water partition coefficient (Wildman–Crippen LogP) is 2.37. The van der Waals surface area contributed by atoms with Crippen molar-refractivity contribution < 1.29 is 17.9 Å². The zero-order valence-electron chi connectivity index (χ0n) is 17.0. The van der Waals surface area contributed by atoms with Gasteiger partial charge in [-0.25, -0.2) is 18.4 Å². The highest BCUT2D eigenvalue weighted by molar-refractivity contribution is 7.92. The van der Waals surface area contributed by atoms with E-state index >= 15 is 0 Å². The number of nitrogens with one attached hydrogen (secondary N) is 3. The van der Waals surface area contributed by atoms with Crippen LogP contribution in [0.15, 0.2) is 41.3 Å². The first-order chi connectivity index (χ1) is 15.4. The van der Waals surface area contributed by atoms with Crippen molar-refractivity contribution in [3.05, 3.63) is 42.0 Å². The van der Waals surface area contributed by atoms with Crippen molar-refractivity contribution in [3.8, 4) is 5.88 Å². The number of ether oxygens (including phenoxy) is 1. The zero-order valence-corrected chi connectivity index (χ0v) is 18.6. The third-order valence-corrected chi connectivity index (χ3v) is 8.57. The molecule has 0 spiro atoms. The SMILES string of the molecule is N=C(C(=O)Nc1nc2ccc(O[C@@H]3CCNC3)nc2s1)c1ccc(S(=O)(=O)C2CC2)cc1. The Hall–Kier alpha value is -2.89. The fourth-order valence-corrected chi connectivity index (χ4v) is 5.97. The van der Waals surface area contributed by atoms with Crippen LogP contribution in [0, 0.1) is 5.41 Å². The van der Waals surface area contributed by atoms with Crippen LogP contribution in [0.25, 0.3) is 10.3 Å². The minimum absolute atomic E-state index is 0.0955. The summed E-state index contributed by atoms with van der Waals surface area (Å²) in [6.45, 7) is 1.72. The van der Waals surface area contributed by atoms with Crippen molar-refractivity contribution in [2.45, 2.75) is 35.5 Å². The molecule has 1 aliphatic carbocycles. The van der Waals surface area contributed by atoms with Crippen LogP contribution >= 0.6 is 11.3 Å². The van der Waals surface area contributed by atoms with Crippen LogP contribution in [0.2, 0.25) is 0 Å². The molecule has 1 saturated heterocycles. The number of rotatable bonds is 7. The smallest absolute Gasteiger partial charge is 0.275 e. The van der Waals surface area contributed by atoms with Gasteiger partial charge >= 0.3 is 0 Å². The average molecular weight is 472 g/mol. The molecule has 3 aromatic rings. The molecule has 3 heterocycles. The maximum atomic E-state index is 12.5. The summed E-state index contributed by atoms with van der Waals surface area (Å²) in [4.78, 5) is 22.2. The van der Waals surface area contributed by atoms with Gasteiger partial charge in [0.1, 0.15) is 22.2 Å². The van der Waals surface area contributed by atoms with E-state index in [1.54, 1.807) is 12.1 Å². The van der Waals surface area contributed by atoms with Crippen LogP contribution in [0.5, 0.6) is 5.88 Å². The summed E-state index contributed by atoms with van der Waals surface area (Å²) >= 11 is 1.20. The van der Waals surface area contributed by atoms with Crippen molar-refractivity contribution in [2.24, 2.45) is 0 Å². The van der Waals surface area contributed by atoms with E-state index in [0.29, 0.717) is 39.8 Å². The summed E-state index contributed by atoms with van der Waals surface area (Å²) in [5.41, 5.74) is 0.686. The summed E-state index contributed by atoms with van der Waals surface area (Å²) in [6.07, 6.45) is 2.40. The number of sulfone groups is 1. The molecular formula is C21H21N5O4S2. The first kappa shape index (κ1) is 21.0. The second-order valence-corrected chi connectivity index (χ2v) is 11.0. The Labute approximate surface area is 188 Å². The van der Waals surface area contributed by atoms with Crippen LogP contribution in [-0.2, 0) is 14.6 Å². The van der Waals surface area contributed by atoms with E-state index in [2.05, 4.69) is 20.6 Å². The van der Waals surface area contributed by atoms with Crippen molar-refractivity contribution in [3.63, 3.8) is 0 Å². The highest BCUT2D eigenvalue weighted by Crippen LogP contribution is 2.33. The van der Waals surface area contributed by atoms with Gasteiger partial charge in [-0.1, -0.05) is 23.5 Å². The second kappa shape index (κ2) is 8.23. The molecule has 1 aromatic carbocycles. The standard InChI is InChI=1S/C21H21N5O4S2/c22-18(12-1-3-14(4-2-12)32(28,29)15-5-6-15)19(27)26-21-24-16-7-8-17(25-20(16)31-21)30-13-9-10-23-11-13/h1-4,7-8,13,15,22-23H,5-6,9-11H2,(H,24,26,27)/t13-/m1/s1. The van der Waals surface area contributed by atoms with Gasteiger partial charge in [0.2, 0.25) is 5.88 Å². The number of pyridine rings is 1. The Bertz CT molecular complexity index is 1290. The number of fused-ring (bicyclic) bond motifs is 1.